The molecule has 1 aliphatic heterocycles. The van der Waals surface area contributed by atoms with Gasteiger partial charge in [-0.1, -0.05) is 0 Å². The second kappa shape index (κ2) is 8.45. The highest BCUT2D eigenvalue weighted by atomic mass is 32.2. The quantitative estimate of drug-likeness (QED) is 0.690. The second-order valence-corrected chi connectivity index (χ2v) is 10.4. The number of aromatic nitrogens is 2. The van der Waals surface area contributed by atoms with Crippen molar-refractivity contribution >= 4 is 10.0 Å². The molecule has 1 saturated heterocycles. The normalized spacial score (nSPS) is 23.1. The van der Waals surface area contributed by atoms with Gasteiger partial charge in [-0.3, -0.25) is 0 Å². The van der Waals surface area contributed by atoms with Gasteiger partial charge in [0.05, 0.1) is 31.1 Å². The molecule has 0 radical (unpaired) electrons. The molecule has 2 aromatic rings. The van der Waals surface area contributed by atoms with Crippen LogP contribution in [0.15, 0.2) is 36.7 Å². The highest BCUT2D eigenvalue weighted by Gasteiger charge is 2.35. The molecule has 1 aliphatic carbocycles. The van der Waals surface area contributed by atoms with Gasteiger partial charge in [-0.05, 0) is 49.9 Å². The predicted molar refractivity (Wildman–Crippen MR) is 111 cm³/mol. The highest BCUT2D eigenvalue weighted by Crippen LogP contribution is 2.32. The van der Waals surface area contributed by atoms with Crippen molar-refractivity contribution in [2.75, 3.05) is 33.1 Å². The van der Waals surface area contributed by atoms with Crippen molar-refractivity contribution in [3.05, 3.63) is 36.7 Å². The van der Waals surface area contributed by atoms with Crippen LogP contribution in [0.5, 0.6) is 5.75 Å². The summed E-state index contributed by atoms with van der Waals surface area (Å²) in [5, 5.41) is 0. The van der Waals surface area contributed by atoms with Gasteiger partial charge in [0, 0.05) is 38.0 Å². The van der Waals surface area contributed by atoms with Crippen LogP contribution < -0.4 is 4.74 Å². The summed E-state index contributed by atoms with van der Waals surface area (Å²) in [6.45, 7) is 0.920. The van der Waals surface area contributed by atoms with Crippen LogP contribution in [0.4, 0.5) is 0 Å². The van der Waals surface area contributed by atoms with Crippen LogP contribution in [0.1, 0.15) is 31.7 Å². The van der Waals surface area contributed by atoms with E-state index in [1.165, 1.54) is 17.1 Å². The largest absolute Gasteiger partial charge is 0.490 e. The number of hydrogen-bond donors (Lipinski definition) is 0. The van der Waals surface area contributed by atoms with Crippen molar-refractivity contribution in [1.82, 2.24) is 13.9 Å². The zero-order chi connectivity index (χ0) is 20.4. The summed E-state index contributed by atoms with van der Waals surface area (Å²) in [5.41, 5.74) is 0.981. The minimum Gasteiger partial charge on any atom is -0.490 e. The Labute approximate surface area is 172 Å². The fourth-order valence-electron chi connectivity index (χ4n) is 4.16. The van der Waals surface area contributed by atoms with E-state index in [4.69, 9.17) is 9.47 Å². The molecule has 29 heavy (non-hydrogen) atoms. The van der Waals surface area contributed by atoms with E-state index in [-0.39, 0.29) is 17.7 Å². The molecule has 0 amide bonds. The molecule has 0 unspecified atom stereocenters. The van der Waals surface area contributed by atoms with Crippen molar-refractivity contribution < 1.29 is 17.9 Å². The lowest BCUT2D eigenvalue weighted by Gasteiger charge is -2.22. The maximum absolute atomic E-state index is 12.4. The van der Waals surface area contributed by atoms with Crippen LogP contribution in [-0.2, 0) is 14.8 Å². The minimum absolute atomic E-state index is 0.0587. The molecule has 1 saturated carbocycles. The Hall–Kier alpha value is -1.90. The summed E-state index contributed by atoms with van der Waals surface area (Å²) in [6, 6.07) is 7.96. The number of imidazole rings is 1. The van der Waals surface area contributed by atoms with Crippen LogP contribution in [0, 0.1) is 5.92 Å². The predicted octanol–water partition coefficient (Wildman–Crippen LogP) is 2.95. The average molecular weight is 420 g/mol. The highest BCUT2D eigenvalue weighted by molar-refractivity contribution is 7.89. The Balaban J connectivity index is 1.52. The molecule has 158 valence electrons. The summed E-state index contributed by atoms with van der Waals surface area (Å²) in [4.78, 5) is 4.54. The molecule has 2 fully saturated rings. The Morgan fingerprint density at radius 1 is 1.17 bits per heavy atom. The van der Waals surface area contributed by atoms with Gasteiger partial charge in [0.25, 0.3) is 0 Å². The van der Waals surface area contributed by atoms with E-state index < -0.39 is 10.0 Å². The van der Waals surface area contributed by atoms with Crippen LogP contribution in [0.2, 0.25) is 0 Å². The van der Waals surface area contributed by atoms with Gasteiger partial charge < -0.3 is 14.0 Å². The molecule has 1 aromatic heterocycles. The molecular formula is C21H29N3O4S. The first kappa shape index (κ1) is 20.4. The summed E-state index contributed by atoms with van der Waals surface area (Å²) in [5.74, 6) is 1.66. The SMILES string of the molecule is CN(C)S(=O)(=O)C[C@H]1COC[C@H]1n1ccnc1-c1ccc(OC2CCCC2)cc1. The van der Waals surface area contributed by atoms with Crippen LogP contribution in [-0.4, -0.2) is 61.4 Å². The maximum atomic E-state index is 12.4. The molecule has 7 nitrogen and oxygen atoms in total. The fourth-order valence-corrected chi connectivity index (χ4v) is 5.32. The Morgan fingerprint density at radius 2 is 1.90 bits per heavy atom. The first-order chi connectivity index (χ1) is 13.9. The van der Waals surface area contributed by atoms with E-state index in [1.54, 1.807) is 20.3 Å². The molecule has 8 heteroatoms. The molecule has 2 aliphatic rings. The average Bonchev–Trinajstić information content (AvgIpc) is 3.43. The van der Waals surface area contributed by atoms with E-state index in [1.807, 2.05) is 30.5 Å². The minimum atomic E-state index is -3.30. The number of sulfonamides is 1. The summed E-state index contributed by atoms with van der Waals surface area (Å²) in [6.07, 6.45) is 8.75. The van der Waals surface area contributed by atoms with E-state index in [9.17, 15) is 8.42 Å². The fraction of sp³-hybridized carbons (Fsp3) is 0.571. The molecular weight excluding hydrogens is 390 g/mol. The molecule has 2 heterocycles. The zero-order valence-electron chi connectivity index (χ0n) is 17.0. The van der Waals surface area contributed by atoms with Crippen LogP contribution in [0.25, 0.3) is 11.4 Å². The van der Waals surface area contributed by atoms with E-state index >= 15 is 0 Å². The Bertz CT molecular complexity index is 918. The third-order valence-corrected chi connectivity index (χ3v) is 7.85. The lowest BCUT2D eigenvalue weighted by molar-refractivity contribution is 0.182. The molecule has 0 N–H and O–H groups in total. The van der Waals surface area contributed by atoms with E-state index in [0.29, 0.717) is 19.3 Å². The van der Waals surface area contributed by atoms with Gasteiger partial charge >= 0.3 is 0 Å². The van der Waals surface area contributed by atoms with Gasteiger partial charge in [-0.25, -0.2) is 17.7 Å². The van der Waals surface area contributed by atoms with Crippen LogP contribution >= 0.6 is 0 Å². The number of benzene rings is 1. The van der Waals surface area contributed by atoms with Crippen molar-refractivity contribution in [2.24, 2.45) is 5.92 Å². The third-order valence-electron chi connectivity index (χ3n) is 5.89. The zero-order valence-corrected chi connectivity index (χ0v) is 17.8. The molecule has 0 bridgehead atoms. The van der Waals surface area contributed by atoms with Crippen LogP contribution in [0.3, 0.4) is 0 Å². The summed E-state index contributed by atoms with van der Waals surface area (Å²) in [7, 11) is -0.162. The Kier molecular flexibility index (Phi) is 5.94. The first-order valence-electron chi connectivity index (χ1n) is 10.2. The van der Waals surface area contributed by atoms with Gasteiger partial charge in [0.2, 0.25) is 10.0 Å². The van der Waals surface area contributed by atoms with Gasteiger partial charge in [0.15, 0.2) is 0 Å². The standard InChI is InChI=1S/C21H29N3O4S/c1-23(2)29(25,26)15-17-13-27-14-20(17)24-12-11-22-21(24)16-7-9-19(10-8-16)28-18-5-3-4-6-18/h7-12,17-18,20H,3-6,13-15H2,1-2H3/t17-,20-/m1/s1. The summed E-state index contributed by atoms with van der Waals surface area (Å²) >= 11 is 0. The molecule has 1 aromatic carbocycles. The van der Waals surface area contributed by atoms with Gasteiger partial charge in [-0.2, -0.15) is 0 Å². The van der Waals surface area contributed by atoms with Crippen molar-refractivity contribution in [2.45, 2.75) is 37.8 Å². The van der Waals surface area contributed by atoms with Gasteiger partial charge in [-0.15, -0.1) is 0 Å². The summed E-state index contributed by atoms with van der Waals surface area (Å²) < 4.78 is 39.8. The molecule has 2 atom stereocenters. The maximum Gasteiger partial charge on any atom is 0.214 e. The molecule has 0 spiro atoms. The number of rotatable bonds is 7. The smallest absolute Gasteiger partial charge is 0.214 e. The topological polar surface area (TPSA) is 73.7 Å². The van der Waals surface area contributed by atoms with Gasteiger partial charge in [0.1, 0.15) is 11.6 Å². The first-order valence-corrected chi connectivity index (χ1v) is 11.8. The van der Waals surface area contributed by atoms with Crippen molar-refractivity contribution in [3.8, 4) is 17.1 Å². The Morgan fingerprint density at radius 3 is 2.59 bits per heavy atom. The van der Waals surface area contributed by atoms with E-state index in [2.05, 4.69) is 9.55 Å². The van der Waals surface area contributed by atoms with Crippen molar-refractivity contribution in [3.63, 3.8) is 0 Å². The lowest BCUT2D eigenvalue weighted by Crippen LogP contribution is -2.32. The van der Waals surface area contributed by atoms with E-state index in [0.717, 1.165) is 30.0 Å². The van der Waals surface area contributed by atoms with Crippen molar-refractivity contribution in [1.29, 1.82) is 0 Å². The molecule has 4 rings (SSSR count). The third kappa shape index (κ3) is 4.49. The lowest BCUT2D eigenvalue weighted by atomic mass is 10.1. The number of ether oxygens (including phenoxy) is 2. The second-order valence-electron chi connectivity index (χ2n) is 8.13. The monoisotopic (exact) mass is 419 g/mol. The number of nitrogens with zero attached hydrogens (tertiary/aromatic N) is 3. The number of hydrogen-bond acceptors (Lipinski definition) is 5.